The van der Waals surface area contributed by atoms with Gasteiger partial charge >= 0.3 is 0 Å². The number of rotatable bonds is 5. The predicted octanol–water partition coefficient (Wildman–Crippen LogP) is 3.62. The largest absolute Gasteiger partial charge is 0.329 e. The molecular weight excluding hydrogens is 270 g/mol. The number of nitrogens with zero attached hydrogens (tertiary/aromatic N) is 2. The minimum Gasteiger partial charge on any atom is -0.329 e. The third-order valence-corrected chi connectivity index (χ3v) is 4.44. The molecule has 0 radical (unpaired) electrons. The second-order valence-corrected chi connectivity index (χ2v) is 5.62. The van der Waals surface area contributed by atoms with Gasteiger partial charge in [-0.1, -0.05) is 24.6 Å². The SMILES string of the molecule is CCC(C)N(C)C(CN)c1ccc(Cl)c2cccnc12. The lowest BCUT2D eigenvalue weighted by Gasteiger charge is -2.32. The predicted molar refractivity (Wildman–Crippen MR) is 86.1 cm³/mol. The number of hydrogen-bond donors (Lipinski definition) is 1. The molecular formula is C16H22ClN3. The normalized spacial score (nSPS) is 14.7. The Morgan fingerprint density at radius 3 is 2.75 bits per heavy atom. The van der Waals surface area contributed by atoms with Crippen LogP contribution in [0.2, 0.25) is 5.02 Å². The number of aromatic nitrogens is 1. The van der Waals surface area contributed by atoms with E-state index < -0.39 is 0 Å². The molecule has 0 aliphatic heterocycles. The van der Waals surface area contributed by atoms with Gasteiger partial charge in [-0.05, 0) is 44.2 Å². The molecule has 2 atom stereocenters. The van der Waals surface area contributed by atoms with Crippen LogP contribution in [0.1, 0.15) is 31.9 Å². The average molecular weight is 292 g/mol. The van der Waals surface area contributed by atoms with Crippen molar-refractivity contribution in [1.82, 2.24) is 9.88 Å². The molecule has 2 N–H and O–H groups in total. The Labute approximate surface area is 125 Å². The maximum absolute atomic E-state index is 6.26. The van der Waals surface area contributed by atoms with Gasteiger partial charge in [0.2, 0.25) is 0 Å². The summed E-state index contributed by atoms with van der Waals surface area (Å²) in [5.41, 5.74) is 8.12. The average Bonchev–Trinajstić information content (AvgIpc) is 2.49. The van der Waals surface area contributed by atoms with Crippen molar-refractivity contribution in [1.29, 1.82) is 0 Å². The van der Waals surface area contributed by atoms with E-state index in [1.165, 1.54) is 0 Å². The summed E-state index contributed by atoms with van der Waals surface area (Å²) in [7, 11) is 2.12. The van der Waals surface area contributed by atoms with Crippen LogP contribution < -0.4 is 5.73 Å². The van der Waals surface area contributed by atoms with Gasteiger partial charge in [-0.3, -0.25) is 9.88 Å². The quantitative estimate of drug-likeness (QED) is 0.915. The molecule has 1 aromatic heterocycles. The van der Waals surface area contributed by atoms with Crippen LogP contribution in [0, 0.1) is 0 Å². The van der Waals surface area contributed by atoms with Crippen LogP contribution in [-0.4, -0.2) is 29.5 Å². The molecule has 2 rings (SSSR count). The van der Waals surface area contributed by atoms with Crippen molar-refractivity contribution < 1.29 is 0 Å². The topological polar surface area (TPSA) is 42.1 Å². The molecule has 2 aromatic rings. The maximum Gasteiger partial charge on any atom is 0.0765 e. The molecule has 4 heteroatoms. The molecule has 0 aliphatic carbocycles. The minimum absolute atomic E-state index is 0.152. The molecule has 20 heavy (non-hydrogen) atoms. The smallest absolute Gasteiger partial charge is 0.0765 e. The molecule has 1 aromatic carbocycles. The van der Waals surface area contributed by atoms with E-state index in [1.54, 1.807) is 6.20 Å². The van der Waals surface area contributed by atoms with Gasteiger partial charge in [0.1, 0.15) is 0 Å². The Balaban J connectivity index is 2.53. The highest BCUT2D eigenvalue weighted by Gasteiger charge is 2.22. The first-order valence-electron chi connectivity index (χ1n) is 7.05. The molecule has 0 bridgehead atoms. The van der Waals surface area contributed by atoms with E-state index in [0.717, 1.165) is 27.9 Å². The summed E-state index contributed by atoms with van der Waals surface area (Å²) >= 11 is 6.26. The maximum atomic E-state index is 6.26. The van der Waals surface area contributed by atoms with E-state index >= 15 is 0 Å². The number of likely N-dealkylation sites (N-methyl/N-ethyl adjacent to an activating group) is 1. The molecule has 0 amide bonds. The number of pyridine rings is 1. The standard InChI is InChI=1S/C16H22ClN3/c1-4-11(2)20(3)15(10-18)13-7-8-14(17)12-6-5-9-19-16(12)13/h5-9,11,15H,4,10,18H2,1-3H3. The number of hydrogen-bond acceptors (Lipinski definition) is 3. The Bertz CT molecular complexity index is 585. The van der Waals surface area contributed by atoms with Crippen LogP contribution in [-0.2, 0) is 0 Å². The van der Waals surface area contributed by atoms with Crippen LogP contribution in [0.4, 0.5) is 0 Å². The van der Waals surface area contributed by atoms with Crippen LogP contribution in [0.5, 0.6) is 0 Å². The monoisotopic (exact) mass is 291 g/mol. The lowest BCUT2D eigenvalue weighted by Crippen LogP contribution is -2.36. The lowest BCUT2D eigenvalue weighted by molar-refractivity contribution is 0.185. The van der Waals surface area contributed by atoms with Gasteiger partial charge < -0.3 is 5.73 Å². The van der Waals surface area contributed by atoms with E-state index in [0.29, 0.717) is 12.6 Å². The van der Waals surface area contributed by atoms with Crippen molar-refractivity contribution in [3.8, 4) is 0 Å². The van der Waals surface area contributed by atoms with Crippen LogP contribution >= 0.6 is 11.6 Å². The highest BCUT2D eigenvalue weighted by Crippen LogP contribution is 2.31. The molecule has 2 unspecified atom stereocenters. The lowest BCUT2D eigenvalue weighted by atomic mass is 10.00. The summed E-state index contributed by atoms with van der Waals surface area (Å²) in [4.78, 5) is 6.83. The Morgan fingerprint density at radius 2 is 2.10 bits per heavy atom. The molecule has 0 aliphatic rings. The van der Waals surface area contributed by atoms with Gasteiger partial charge in [0, 0.05) is 35.2 Å². The fourth-order valence-electron chi connectivity index (χ4n) is 2.54. The third-order valence-electron chi connectivity index (χ3n) is 4.11. The Kier molecular flexibility index (Phi) is 4.97. The molecule has 3 nitrogen and oxygen atoms in total. The second kappa shape index (κ2) is 6.53. The first-order valence-corrected chi connectivity index (χ1v) is 7.43. The van der Waals surface area contributed by atoms with Gasteiger partial charge in [0.15, 0.2) is 0 Å². The molecule has 1 heterocycles. The Hall–Kier alpha value is -1.16. The van der Waals surface area contributed by atoms with Gasteiger partial charge in [-0.25, -0.2) is 0 Å². The van der Waals surface area contributed by atoms with E-state index in [4.69, 9.17) is 17.3 Å². The van der Waals surface area contributed by atoms with Gasteiger partial charge in [-0.15, -0.1) is 0 Å². The number of benzene rings is 1. The van der Waals surface area contributed by atoms with E-state index in [1.807, 2.05) is 24.3 Å². The van der Waals surface area contributed by atoms with Crippen molar-refractivity contribution in [3.05, 3.63) is 41.0 Å². The van der Waals surface area contributed by atoms with Crippen molar-refractivity contribution in [2.24, 2.45) is 5.73 Å². The highest BCUT2D eigenvalue weighted by atomic mass is 35.5. The summed E-state index contributed by atoms with van der Waals surface area (Å²) in [5.74, 6) is 0. The zero-order valence-electron chi connectivity index (χ0n) is 12.3. The first-order chi connectivity index (χ1) is 9.60. The fourth-order valence-corrected chi connectivity index (χ4v) is 2.75. The first kappa shape index (κ1) is 15.2. The number of nitrogens with two attached hydrogens (primary N) is 1. The second-order valence-electron chi connectivity index (χ2n) is 5.21. The molecule has 0 fully saturated rings. The zero-order chi connectivity index (χ0) is 14.7. The molecule has 108 valence electrons. The Morgan fingerprint density at radius 1 is 1.35 bits per heavy atom. The number of fused-ring (bicyclic) bond motifs is 1. The van der Waals surface area contributed by atoms with Gasteiger partial charge in [-0.2, -0.15) is 0 Å². The van der Waals surface area contributed by atoms with E-state index in [-0.39, 0.29) is 6.04 Å². The summed E-state index contributed by atoms with van der Waals surface area (Å²) in [6, 6.07) is 8.53. The number of halogens is 1. The van der Waals surface area contributed by atoms with E-state index in [9.17, 15) is 0 Å². The van der Waals surface area contributed by atoms with Crippen molar-refractivity contribution in [2.45, 2.75) is 32.4 Å². The van der Waals surface area contributed by atoms with E-state index in [2.05, 4.69) is 30.8 Å². The zero-order valence-corrected chi connectivity index (χ0v) is 13.1. The van der Waals surface area contributed by atoms with Crippen LogP contribution in [0.15, 0.2) is 30.5 Å². The van der Waals surface area contributed by atoms with Crippen molar-refractivity contribution in [2.75, 3.05) is 13.6 Å². The summed E-state index contributed by atoms with van der Waals surface area (Å²) < 4.78 is 0. The third kappa shape index (κ3) is 2.80. The van der Waals surface area contributed by atoms with Gasteiger partial charge in [0.25, 0.3) is 0 Å². The van der Waals surface area contributed by atoms with Crippen molar-refractivity contribution in [3.63, 3.8) is 0 Å². The van der Waals surface area contributed by atoms with Crippen LogP contribution in [0.25, 0.3) is 10.9 Å². The molecule has 0 saturated carbocycles. The summed E-state index contributed by atoms with van der Waals surface area (Å²) in [5, 5.41) is 1.72. The minimum atomic E-state index is 0.152. The molecule has 0 spiro atoms. The fraction of sp³-hybridized carbons (Fsp3) is 0.438. The summed E-state index contributed by atoms with van der Waals surface area (Å²) in [6.07, 6.45) is 2.89. The highest BCUT2D eigenvalue weighted by molar-refractivity contribution is 6.35. The van der Waals surface area contributed by atoms with Gasteiger partial charge in [0.05, 0.1) is 5.52 Å². The van der Waals surface area contributed by atoms with Crippen molar-refractivity contribution >= 4 is 22.5 Å². The van der Waals surface area contributed by atoms with Crippen LogP contribution in [0.3, 0.4) is 0 Å². The summed E-state index contributed by atoms with van der Waals surface area (Å²) in [6.45, 7) is 4.97. The molecule has 0 saturated heterocycles.